The number of nitrogens with one attached hydrogen (secondary N) is 1. The van der Waals surface area contributed by atoms with Crippen molar-refractivity contribution in [1.82, 2.24) is 9.99 Å². The van der Waals surface area contributed by atoms with E-state index in [0.29, 0.717) is 19.4 Å². The lowest BCUT2D eigenvalue weighted by Gasteiger charge is -2.14. The monoisotopic (exact) mass is 360 g/mol. The molecule has 0 saturated carbocycles. The van der Waals surface area contributed by atoms with Crippen molar-refractivity contribution in [2.45, 2.75) is 31.6 Å². The van der Waals surface area contributed by atoms with Gasteiger partial charge in [-0.05, 0) is 28.8 Å². The number of ether oxygens (including phenoxy) is 1. The van der Waals surface area contributed by atoms with Crippen molar-refractivity contribution in [3.05, 3.63) is 37.2 Å². The maximum atomic E-state index is 11.6. The van der Waals surface area contributed by atoms with Crippen molar-refractivity contribution in [3.8, 4) is 0 Å². The van der Waals surface area contributed by atoms with Crippen LogP contribution in [0.2, 0.25) is 0 Å². The van der Waals surface area contributed by atoms with E-state index in [2.05, 4.69) is 15.9 Å². The molecule has 21 heavy (non-hydrogen) atoms. The first-order valence-corrected chi connectivity index (χ1v) is 6.91. The molecule has 1 fully saturated rings. The van der Waals surface area contributed by atoms with E-state index in [1.165, 1.54) is 10.8 Å². The van der Waals surface area contributed by atoms with Gasteiger partial charge in [0.05, 0.1) is 21.7 Å². The number of nitrogens with two attached hydrogens (primary N) is 1. The van der Waals surface area contributed by atoms with E-state index in [4.69, 9.17) is 10.6 Å². The molecule has 2 unspecified atom stereocenters. The standard InChI is InChI=1S/C11H13BrN4O5/c12-7-4-15(5-8(10(7)17)16(19)20)3-6-1-2-9(21-6)11(18)14-13/h4-6,9H,1-3,13H2,(H,14,18). The normalized spacial score (nSPS) is 21.2. The van der Waals surface area contributed by atoms with Crippen molar-refractivity contribution in [1.29, 1.82) is 0 Å². The summed E-state index contributed by atoms with van der Waals surface area (Å²) in [5, 5.41) is 10.8. The van der Waals surface area contributed by atoms with Gasteiger partial charge < -0.3 is 9.30 Å². The molecular formula is C11H13BrN4O5. The van der Waals surface area contributed by atoms with Crippen LogP contribution < -0.4 is 16.7 Å². The molecule has 1 saturated heterocycles. The summed E-state index contributed by atoms with van der Waals surface area (Å²) in [4.78, 5) is 33.0. The van der Waals surface area contributed by atoms with Gasteiger partial charge in [0.2, 0.25) is 0 Å². The Balaban J connectivity index is 2.13. The van der Waals surface area contributed by atoms with Gasteiger partial charge in [-0.1, -0.05) is 0 Å². The molecule has 114 valence electrons. The number of aromatic nitrogens is 1. The smallest absolute Gasteiger partial charge is 0.333 e. The molecule has 0 bridgehead atoms. The zero-order chi connectivity index (χ0) is 15.6. The fraction of sp³-hybridized carbons (Fsp3) is 0.455. The molecule has 1 aromatic heterocycles. The predicted octanol–water partition coefficient (Wildman–Crippen LogP) is 0.0565. The second-order valence-corrected chi connectivity index (χ2v) is 5.46. The summed E-state index contributed by atoms with van der Waals surface area (Å²) >= 11 is 3.00. The first kappa shape index (κ1) is 15.6. The first-order chi connectivity index (χ1) is 9.92. The lowest BCUT2D eigenvalue weighted by atomic mass is 10.2. The maximum Gasteiger partial charge on any atom is 0.333 e. The molecular weight excluding hydrogens is 348 g/mol. The highest BCUT2D eigenvalue weighted by Crippen LogP contribution is 2.22. The van der Waals surface area contributed by atoms with Gasteiger partial charge in [0, 0.05) is 12.7 Å². The molecule has 0 aromatic carbocycles. The number of nitro groups is 1. The lowest BCUT2D eigenvalue weighted by Crippen LogP contribution is -2.39. The highest BCUT2D eigenvalue weighted by molar-refractivity contribution is 9.10. The number of hydrogen-bond acceptors (Lipinski definition) is 6. The zero-order valence-electron chi connectivity index (χ0n) is 10.8. The number of rotatable bonds is 4. The number of nitrogens with zero attached hydrogens (tertiary/aromatic N) is 2. The molecule has 0 aliphatic carbocycles. The molecule has 3 N–H and O–H groups in total. The molecule has 1 aliphatic heterocycles. The van der Waals surface area contributed by atoms with E-state index in [1.54, 1.807) is 0 Å². The SMILES string of the molecule is NNC(=O)C1CCC(Cn2cc(Br)c(=O)c([N+](=O)[O-])c2)O1. The molecule has 0 spiro atoms. The van der Waals surface area contributed by atoms with Crippen LogP contribution in [-0.2, 0) is 16.1 Å². The number of halogens is 1. The summed E-state index contributed by atoms with van der Waals surface area (Å²) in [5.74, 6) is 4.64. The number of pyridine rings is 1. The van der Waals surface area contributed by atoms with Crippen LogP contribution >= 0.6 is 15.9 Å². The number of amides is 1. The number of hydrogen-bond donors (Lipinski definition) is 2. The third-order valence-corrected chi connectivity index (χ3v) is 3.74. The van der Waals surface area contributed by atoms with Crippen molar-refractivity contribution in [3.63, 3.8) is 0 Å². The Bertz CT molecular complexity index is 632. The molecule has 2 atom stereocenters. The zero-order valence-corrected chi connectivity index (χ0v) is 12.4. The molecule has 1 aliphatic rings. The second kappa shape index (κ2) is 6.33. The van der Waals surface area contributed by atoms with Gasteiger partial charge in [-0.2, -0.15) is 0 Å². The largest absolute Gasteiger partial charge is 0.363 e. The van der Waals surface area contributed by atoms with E-state index in [9.17, 15) is 19.7 Å². The van der Waals surface area contributed by atoms with E-state index < -0.39 is 28.1 Å². The van der Waals surface area contributed by atoms with Crippen LogP contribution in [0, 0.1) is 10.1 Å². The molecule has 2 rings (SSSR count). The Labute approximate surface area is 127 Å². The lowest BCUT2D eigenvalue weighted by molar-refractivity contribution is -0.386. The van der Waals surface area contributed by atoms with Crippen LogP contribution in [-0.4, -0.2) is 27.6 Å². The minimum Gasteiger partial charge on any atom is -0.363 e. The van der Waals surface area contributed by atoms with Crippen LogP contribution in [0.5, 0.6) is 0 Å². The minimum absolute atomic E-state index is 0.103. The van der Waals surface area contributed by atoms with Gasteiger partial charge in [-0.25, -0.2) is 5.84 Å². The summed E-state index contributed by atoms with van der Waals surface area (Å²) in [6.45, 7) is 0.300. The maximum absolute atomic E-state index is 11.6. The van der Waals surface area contributed by atoms with Crippen molar-refractivity contribution < 1.29 is 14.5 Å². The van der Waals surface area contributed by atoms with Gasteiger partial charge >= 0.3 is 5.69 Å². The first-order valence-electron chi connectivity index (χ1n) is 6.12. The fourth-order valence-electron chi connectivity index (χ4n) is 2.18. The van der Waals surface area contributed by atoms with E-state index in [0.717, 1.165) is 6.20 Å². The Morgan fingerprint density at radius 1 is 1.57 bits per heavy atom. The van der Waals surface area contributed by atoms with Gasteiger partial charge in [-0.3, -0.25) is 25.1 Å². The average molecular weight is 361 g/mol. The number of hydrazine groups is 1. The Morgan fingerprint density at radius 2 is 2.29 bits per heavy atom. The molecule has 2 heterocycles. The Kier molecular flexibility index (Phi) is 4.70. The van der Waals surface area contributed by atoms with E-state index >= 15 is 0 Å². The van der Waals surface area contributed by atoms with Crippen LogP contribution in [0.3, 0.4) is 0 Å². The Hall–Kier alpha value is -1.78. The summed E-state index contributed by atoms with van der Waals surface area (Å²) in [5.41, 5.74) is 0.831. The van der Waals surface area contributed by atoms with E-state index in [1.807, 2.05) is 5.43 Å². The van der Waals surface area contributed by atoms with Crippen molar-refractivity contribution in [2.24, 2.45) is 5.84 Å². The van der Waals surface area contributed by atoms with Crippen LogP contribution in [0.1, 0.15) is 12.8 Å². The number of carbonyl (C=O) groups is 1. The summed E-state index contributed by atoms with van der Waals surface area (Å²) < 4.78 is 7.11. The van der Waals surface area contributed by atoms with Crippen LogP contribution in [0.15, 0.2) is 21.7 Å². The topological polar surface area (TPSA) is 129 Å². The van der Waals surface area contributed by atoms with Crippen molar-refractivity contribution in [2.75, 3.05) is 0 Å². The van der Waals surface area contributed by atoms with Gasteiger partial charge in [0.15, 0.2) is 0 Å². The van der Waals surface area contributed by atoms with Gasteiger partial charge in [-0.15, -0.1) is 0 Å². The predicted molar refractivity (Wildman–Crippen MR) is 75.3 cm³/mol. The third-order valence-electron chi connectivity index (χ3n) is 3.17. The molecule has 1 amide bonds. The highest BCUT2D eigenvalue weighted by Gasteiger charge is 2.30. The van der Waals surface area contributed by atoms with Crippen LogP contribution in [0.25, 0.3) is 0 Å². The Morgan fingerprint density at radius 3 is 2.90 bits per heavy atom. The molecule has 9 nitrogen and oxygen atoms in total. The summed E-state index contributed by atoms with van der Waals surface area (Å²) in [6, 6.07) is 0. The van der Waals surface area contributed by atoms with Gasteiger partial charge in [0.1, 0.15) is 6.10 Å². The van der Waals surface area contributed by atoms with Crippen molar-refractivity contribution >= 4 is 27.5 Å². The fourth-order valence-corrected chi connectivity index (χ4v) is 2.64. The van der Waals surface area contributed by atoms with Gasteiger partial charge in [0.25, 0.3) is 11.3 Å². The summed E-state index contributed by atoms with van der Waals surface area (Å²) in [7, 11) is 0. The van der Waals surface area contributed by atoms with Crippen LogP contribution in [0.4, 0.5) is 5.69 Å². The minimum atomic E-state index is -0.732. The molecule has 0 radical (unpaired) electrons. The van der Waals surface area contributed by atoms with E-state index in [-0.39, 0.29) is 10.6 Å². The highest BCUT2D eigenvalue weighted by atomic mass is 79.9. The molecule has 1 aromatic rings. The third kappa shape index (κ3) is 3.46. The quantitative estimate of drug-likeness (QED) is 0.338. The average Bonchev–Trinajstić information content (AvgIpc) is 2.90. The molecule has 10 heteroatoms. The summed E-state index contributed by atoms with van der Waals surface area (Å²) in [6.07, 6.45) is 2.87. The number of carbonyl (C=O) groups excluding carboxylic acids is 1. The second-order valence-electron chi connectivity index (χ2n) is 4.61.